The maximum Gasteiger partial charge on any atom is 0.0948 e. The van der Waals surface area contributed by atoms with Gasteiger partial charge in [-0.2, -0.15) is 0 Å². The van der Waals surface area contributed by atoms with Crippen LogP contribution in [0.5, 0.6) is 0 Å². The van der Waals surface area contributed by atoms with Crippen molar-refractivity contribution in [1.82, 2.24) is 5.32 Å². The van der Waals surface area contributed by atoms with Crippen molar-refractivity contribution in [2.75, 3.05) is 0 Å². The molecular weight excluding hydrogens is 186 g/mol. The van der Waals surface area contributed by atoms with Crippen LogP contribution in [0.25, 0.3) is 0 Å². The number of aliphatic hydroxyl groups excluding tert-OH is 1. The minimum Gasteiger partial charge on any atom is -0.387 e. The van der Waals surface area contributed by atoms with Crippen molar-refractivity contribution in [2.45, 2.75) is 43.9 Å². The van der Waals surface area contributed by atoms with E-state index in [-0.39, 0.29) is 12.1 Å². The first kappa shape index (κ1) is 9.37. The van der Waals surface area contributed by atoms with Crippen molar-refractivity contribution in [3.63, 3.8) is 0 Å². The Hall–Kier alpha value is -0.860. The van der Waals surface area contributed by atoms with Gasteiger partial charge in [0.1, 0.15) is 0 Å². The van der Waals surface area contributed by atoms with Gasteiger partial charge in [0, 0.05) is 12.1 Å². The molecule has 0 saturated heterocycles. The third-order valence-electron chi connectivity index (χ3n) is 3.75. The number of nitrogens with one attached hydrogen (secondary N) is 1. The summed E-state index contributed by atoms with van der Waals surface area (Å²) >= 11 is 0. The van der Waals surface area contributed by atoms with Crippen molar-refractivity contribution in [1.29, 1.82) is 0 Å². The molecule has 1 saturated carbocycles. The molecular formula is C13H17NO. The highest BCUT2D eigenvalue weighted by Gasteiger charge is 2.32. The first-order valence-electron chi connectivity index (χ1n) is 5.86. The Balaban J connectivity index is 1.74. The number of fused-ring (bicyclic) bond motifs is 1. The van der Waals surface area contributed by atoms with Crippen molar-refractivity contribution in [2.24, 2.45) is 0 Å². The molecule has 0 aromatic heterocycles. The standard InChI is InChI=1S/C13H17NO/c15-13-11-7-2-1-4-9(11)8-12(13)14-10-5-3-6-10/h1-2,4,7,10,12-15H,3,5-6,8H2/t12-,13?/m0/s1. The van der Waals surface area contributed by atoms with Gasteiger partial charge in [-0.15, -0.1) is 0 Å². The molecule has 0 spiro atoms. The van der Waals surface area contributed by atoms with Crippen LogP contribution in [-0.4, -0.2) is 17.2 Å². The lowest BCUT2D eigenvalue weighted by atomic mass is 9.92. The number of hydrogen-bond donors (Lipinski definition) is 2. The molecule has 0 amide bonds. The molecule has 2 aliphatic rings. The predicted molar refractivity (Wildman–Crippen MR) is 59.7 cm³/mol. The van der Waals surface area contributed by atoms with E-state index >= 15 is 0 Å². The summed E-state index contributed by atoms with van der Waals surface area (Å²) in [5.41, 5.74) is 2.43. The Morgan fingerprint density at radius 1 is 1.20 bits per heavy atom. The van der Waals surface area contributed by atoms with E-state index in [0.717, 1.165) is 12.0 Å². The van der Waals surface area contributed by atoms with Crippen LogP contribution in [0, 0.1) is 0 Å². The molecule has 0 heterocycles. The first-order chi connectivity index (χ1) is 7.34. The minimum atomic E-state index is -0.304. The van der Waals surface area contributed by atoms with E-state index in [1.807, 2.05) is 12.1 Å². The smallest absolute Gasteiger partial charge is 0.0948 e. The second-order valence-corrected chi connectivity index (χ2v) is 4.75. The van der Waals surface area contributed by atoms with Gasteiger partial charge in [0.25, 0.3) is 0 Å². The summed E-state index contributed by atoms with van der Waals surface area (Å²) in [6.45, 7) is 0. The molecule has 15 heavy (non-hydrogen) atoms. The highest BCUT2D eigenvalue weighted by molar-refractivity contribution is 5.35. The molecule has 2 nitrogen and oxygen atoms in total. The summed E-state index contributed by atoms with van der Waals surface area (Å²) in [6.07, 6.45) is 4.57. The number of hydrogen-bond acceptors (Lipinski definition) is 2. The van der Waals surface area contributed by atoms with E-state index in [0.29, 0.717) is 6.04 Å². The Bertz CT molecular complexity index is 359. The number of rotatable bonds is 2. The van der Waals surface area contributed by atoms with Gasteiger partial charge in [-0.25, -0.2) is 0 Å². The van der Waals surface area contributed by atoms with Gasteiger partial charge in [-0.3, -0.25) is 0 Å². The molecule has 1 aromatic rings. The fraction of sp³-hybridized carbons (Fsp3) is 0.538. The second kappa shape index (κ2) is 3.62. The number of aliphatic hydroxyl groups is 1. The van der Waals surface area contributed by atoms with Gasteiger partial charge >= 0.3 is 0 Å². The van der Waals surface area contributed by atoms with Crippen LogP contribution in [0.2, 0.25) is 0 Å². The molecule has 0 aliphatic heterocycles. The van der Waals surface area contributed by atoms with E-state index in [1.165, 1.54) is 24.8 Å². The van der Waals surface area contributed by atoms with Gasteiger partial charge in [0.15, 0.2) is 0 Å². The van der Waals surface area contributed by atoms with Gasteiger partial charge < -0.3 is 10.4 Å². The molecule has 2 N–H and O–H groups in total. The lowest BCUT2D eigenvalue weighted by Crippen LogP contribution is -2.44. The molecule has 0 radical (unpaired) electrons. The quantitative estimate of drug-likeness (QED) is 0.768. The summed E-state index contributed by atoms with van der Waals surface area (Å²) in [5.74, 6) is 0. The fourth-order valence-electron chi connectivity index (χ4n) is 2.60. The highest BCUT2D eigenvalue weighted by Crippen LogP contribution is 2.32. The summed E-state index contributed by atoms with van der Waals surface area (Å²) in [7, 11) is 0. The third kappa shape index (κ3) is 1.58. The van der Waals surface area contributed by atoms with Gasteiger partial charge in [-0.1, -0.05) is 30.7 Å². The van der Waals surface area contributed by atoms with E-state index in [1.54, 1.807) is 0 Å². The topological polar surface area (TPSA) is 32.3 Å². The van der Waals surface area contributed by atoms with Gasteiger partial charge in [0.2, 0.25) is 0 Å². The molecule has 1 unspecified atom stereocenters. The average Bonchev–Trinajstić information content (AvgIpc) is 2.51. The maximum atomic E-state index is 10.1. The molecule has 2 heteroatoms. The lowest BCUT2D eigenvalue weighted by Gasteiger charge is -2.31. The Morgan fingerprint density at radius 3 is 2.67 bits per heavy atom. The Kier molecular flexibility index (Phi) is 2.26. The SMILES string of the molecule is OC1c2ccccc2C[C@@H]1NC1CCC1. The third-order valence-corrected chi connectivity index (χ3v) is 3.75. The first-order valence-corrected chi connectivity index (χ1v) is 5.86. The highest BCUT2D eigenvalue weighted by atomic mass is 16.3. The molecule has 1 aromatic carbocycles. The van der Waals surface area contributed by atoms with Crippen LogP contribution >= 0.6 is 0 Å². The zero-order chi connectivity index (χ0) is 10.3. The van der Waals surface area contributed by atoms with Gasteiger partial charge in [-0.05, 0) is 30.4 Å². The van der Waals surface area contributed by atoms with E-state index in [2.05, 4.69) is 17.4 Å². The second-order valence-electron chi connectivity index (χ2n) is 4.75. The summed E-state index contributed by atoms with van der Waals surface area (Å²) in [4.78, 5) is 0. The Morgan fingerprint density at radius 2 is 2.00 bits per heavy atom. The van der Waals surface area contributed by atoms with Crippen LogP contribution < -0.4 is 5.32 Å². The summed E-state index contributed by atoms with van der Waals surface area (Å²) in [6, 6.07) is 9.13. The molecule has 2 aliphatic carbocycles. The number of benzene rings is 1. The van der Waals surface area contributed by atoms with E-state index < -0.39 is 0 Å². The van der Waals surface area contributed by atoms with Crippen LogP contribution in [0.4, 0.5) is 0 Å². The van der Waals surface area contributed by atoms with Crippen molar-refractivity contribution >= 4 is 0 Å². The normalized spacial score (nSPS) is 29.9. The van der Waals surface area contributed by atoms with E-state index in [4.69, 9.17) is 0 Å². The van der Waals surface area contributed by atoms with Gasteiger partial charge in [0.05, 0.1) is 6.10 Å². The summed E-state index contributed by atoms with van der Waals surface area (Å²) in [5, 5.41) is 13.7. The Labute approximate surface area is 90.3 Å². The molecule has 80 valence electrons. The maximum absolute atomic E-state index is 10.1. The molecule has 3 rings (SSSR count). The van der Waals surface area contributed by atoms with Crippen molar-refractivity contribution in [3.05, 3.63) is 35.4 Å². The predicted octanol–water partition coefficient (Wildman–Crippen LogP) is 1.79. The van der Waals surface area contributed by atoms with Crippen molar-refractivity contribution < 1.29 is 5.11 Å². The molecule has 1 fully saturated rings. The largest absolute Gasteiger partial charge is 0.387 e. The lowest BCUT2D eigenvalue weighted by molar-refractivity contribution is 0.125. The van der Waals surface area contributed by atoms with Crippen LogP contribution in [0.15, 0.2) is 24.3 Å². The molecule has 2 atom stereocenters. The fourth-order valence-corrected chi connectivity index (χ4v) is 2.60. The zero-order valence-corrected chi connectivity index (χ0v) is 8.82. The van der Waals surface area contributed by atoms with Crippen LogP contribution in [0.3, 0.4) is 0 Å². The minimum absolute atomic E-state index is 0.243. The van der Waals surface area contributed by atoms with Crippen molar-refractivity contribution in [3.8, 4) is 0 Å². The zero-order valence-electron chi connectivity index (χ0n) is 8.82. The molecule has 0 bridgehead atoms. The van der Waals surface area contributed by atoms with Crippen LogP contribution in [-0.2, 0) is 6.42 Å². The average molecular weight is 203 g/mol. The van der Waals surface area contributed by atoms with E-state index in [9.17, 15) is 5.11 Å². The summed E-state index contributed by atoms with van der Waals surface area (Å²) < 4.78 is 0. The monoisotopic (exact) mass is 203 g/mol. The van der Waals surface area contributed by atoms with Crippen LogP contribution in [0.1, 0.15) is 36.5 Å².